The van der Waals surface area contributed by atoms with Gasteiger partial charge in [0.25, 0.3) is 5.91 Å². The Morgan fingerprint density at radius 2 is 1.82 bits per heavy atom. The van der Waals surface area contributed by atoms with Crippen LogP contribution in [0.15, 0.2) is 12.3 Å². The molecule has 0 spiro atoms. The lowest BCUT2D eigenvalue weighted by atomic mass is 10.1. The maximum absolute atomic E-state index is 13.1. The monoisotopic (exact) mass is 335 g/mol. The fraction of sp³-hybridized carbons (Fsp3) is 0.636. The van der Waals surface area contributed by atoms with E-state index in [0.29, 0.717) is 6.54 Å². The Kier molecular flexibility index (Phi) is 4.78. The molecule has 1 N–H and O–H groups in total. The van der Waals surface area contributed by atoms with E-state index < -0.39 is 30.0 Å². The van der Waals surface area contributed by atoms with E-state index >= 15 is 0 Å². The van der Waals surface area contributed by atoms with Crippen LogP contribution in [0.25, 0.3) is 0 Å². The maximum Gasteiger partial charge on any atom is 0.460 e. The molecule has 4 nitrogen and oxygen atoms in total. The second kappa shape index (κ2) is 5.76. The van der Waals surface area contributed by atoms with Crippen LogP contribution >= 0.6 is 0 Å². The summed E-state index contributed by atoms with van der Waals surface area (Å²) in [6.45, 7) is 3.25. The normalized spacial score (nSPS) is 14.8. The highest BCUT2D eigenvalue weighted by Crippen LogP contribution is 2.46. The highest BCUT2D eigenvalue weighted by Gasteiger charge is 2.76. The molecule has 0 saturated carbocycles. The molecule has 0 aliphatic rings. The van der Waals surface area contributed by atoms with Crippen molar-refractivity contribution in [3.05, 3.63) is 18.0 Å². The molecule has 0 aromatic carbocycles. The van der Waals surface area contributed by atoms with Gasteiger partial charge >= 0.3 is 18.0 Å². The molecule has 0 bridgehead atoms. The first-order valence-corrected chi connectivity index (χ1v) is 6.01. The number of alkyl halides is 7. The van der Waals surface area contributed by atoms with Crippen molar-refractivity contribution < 1.29 is 35.5 Å². The average Bonchev–Trinajstić information content (AvgIpc) is 2.85. The molecule has 0 saturated heterocycles. The molecule has 11 heteroatoms. The van der Waals surface area contributed by atoms with Crippen LogP contribution in [0.2, 0.25) is 0 Å². The maximum atomic E-state index is 13.1. The summed E-state index contributed by atoms with van der Waals surface area (Å²) >= 11 is 0. The summed E-state index contributed by atoms with van der Waals surface area (Å²) in [5.74, 6) is -15.1. The first kappa shape index (κ1) is 18.2. The number of amides is 1. The van der Waals surface area contributed by atoms with E-state index in [1.54, 1.807) is 6.92 Å². The Labute approximate surface area is 120 Å². The van der Waals surface area contributed by atoms with Crippen LogP contribution < -0.4 is 5.32 Å². The van der Waals surface area contributed by atoms with E-state index in [9.17, 15) is 35.5 Å². The van der Waals surface area contributed by atoms with Crippen molar-refractivity contribution in [1.29, 1.82) is 0 Å². The average molecular weight is 335 g/mol. The number of hydrogen-bond acceptors (Lipinski definition) is 2. The lowest BCUT2D eigenvalue weighted by Gasteiger charge is -2.27. The van der Waals surface area contributed by atoms with Gasteiger partial charge in [0.05, 0.1) is 11.7 Å². The quantitative estimate of drug-likeness (QED) is 0.841. The number of carbonyl (C=O) groups is 1. The zero-order valence-corrected chi connectivity index (χ0v) is 11.4. The van der Waals surface area contributed by atoms with Crippen molar-refractivity contribution in [1.82, 2.24) is 15.1 Å². The number of carbonyl (C=O) groups excluding carboxylic acids is 1. The number of nitrogens with one attached hydrogen (secondary N) is 1. The van der Waals surface area contributed by atoms with Gasteiger partial charge in [-0.05, 0) is 19.9 Å². The number of hydrogen-bond donors (Lipinski definition) is 1. The van der Waals surface area contributed by atoms with Gasteiger partial charge in [-0.25, -0.2) is 0 Å². The molecular formula is C11H12F7N3O. The second-order valence-corrected chi connectivity index (χ2v) is 4.44. The standard InChI is InChI=1S/C11H12F7N3O/c1-3-21-5-4-7(20-21)6(2)19-8(22)9(12,13)10(14,15)11(16,17)18/h4-6H,3H2,1-2H3,(H,19,22). The van der Waals surface area contributed by atoms with E-state index in [4.69, 9.17) is 0 Å². The Morgan fingerprint density at radius 1 is 1.27 bits per heavy atom. The first-order chi connectivity index (χ1) is 9.84. The fourth-order valence-corrected chi connectivity index (χ4v) is 1.47. The molecule has 0 radical (unpaired) electrons. The predicted molar refractivity (Wildman–Crippen MR) is 60.4 cm³/mol. The lowest BCUT2D eigenvalue weighted by Crippen LogP contribution is -2.59. The Hall–Kier alpha value is -1.81. The molecule has 0 fully saturated rings. The van der Waals surface area contributed by atoms with Crippen molar-refractivity contribution in [3.63, 3.8) is 0 Å². The molecule has 0 aliphatic carbocycles. The van der Waals surface area contributed by atoms with Crippen LogP contribution in [-0.2, 0) is 11.3 Å². The van der Waals surface area contributed by atoms with E-state index in [1.807, 2.05) is 0 Å². The third kappa shape index (κ3) is 3.17. The molecule has 1 unspecified atom stereocenters. The lowest BCUT2D eigenvalue weighted by molar-refractivity contribution is -0.344. The molecule has 22 heavy (non-hydrogen) atoms. The van der Waals surface area contributed by atoms with Crippen molar-refractivity contribution in [2.45, 2.75) is 44.5 Å². The number of halogens is 7. The van der Waals surface area contributed by atoms with Gasteiger partial charge in [0.1, 0.15) is 0 Å². The van der Waals surface area contributed by atoms with Crippen molar-refractivity contribution in [2.24, 2.45) is 0 Å². The van der Waals surface area contributed by atoms with Gasteiger partial charge in [-0.2, -0.15) is 35.8 Å². The predicted octanol–water partition coefficient (Wildman–Crippen LogP) is 2.91. The van der Waals surface area contributed by atoms with E-state index in [1.165, 1.54) is 22.3 Å². The summed E-state index contributed by atoms with van der Waals surface area (Å²) < 4.78 is 89.0. The number of aromatic nitrogens is 2. The van der Waals surface area contributed by atoms with Crippen LogP contribution in [0.1, 0.15) is 25.6 Å². The molecule has 0 aliphatic heterocycles. The van der Waals surface area contributed by atoms with Gasteiger partial charge in [0.2, 0.25) is 0 Å². The molecule has 1 amide bonds. The van der Waals surface area contributed by atoms with Crippen molar-refractivity contribution >= 4 is 5.91 Å². The minimum absolute atomic E-state index is 0.0429. The van der Waals surface area contributed by atoms with Crippen LogP contribution in [0.5, 0.6) is 0 Å². The van der Waals surface area contributed by atoms with Gasteiger partial charge in [0, 0.05) is 12.7 Å². The van der Waals surface area contributed by atoms with Crippen LogP contribution in [0.4, 0.5) is 30.7 Å². The van der Waals surface area contributed by atoms with Gasteiger partial charge in [0.15, 0.2) is 0 Å². The summed E-state index contributed by atoms with van der Waals surface area (Å²) in [5, 5.41) is 5.23. The summed E-state index contributed by atoms with van der Waals surface area (Å²) in [4.78, 5) is 11.1. The summed E-state index contributed by atoms with van der Waals surface area (Å²) in [6.07, 6.45) is -5.12. The Morgan fingerprint density at radius 3 is 2.23 bits per heavy atom. The molecule has 1 heterocycles. The molecule has 1 rings (SSSR count). The second-order valence-electron chi connectivity index (χ2n) is 4.44. The van der Waals surface area contributed by atoms with Crippen molar-refractivity contribution in [3.8, 4) is 0 Å². The molecule has 1 aromatic heterocycles. The van der Waals surface area contributed by atoms with E-state index in [-0.39, 0.29) is 5.69 Å². The number of rotatable bonds is 5. The molecule has 1 atom stereocenters. The van der Waals surface area contributed by atoms with Crippen molar-refractivity contribution in [2.75, 3.05) is 0 Å². The zero-order valence-electron chi connectivity index (χ0n) is 11.4. The summed E-state index contributed by atoms with van der Waals surface area (Å²) in [7, 11) is 0. The summed E-state index contributed by atoms with van der Waals surface area (Å²) in [5.41, 5.74) is 0.0429. The third-order valence-electron chi connectivity index (χ3n) is 2.81. The highest BCUT2D eigenvalue weighted by molar-refractivity contribution is 5.85. The zero-order chi connectivity index (χ0) is 17.3. The van der Waals surface area contributed by atoms with Crippen LogP contribution in [0, 0.1) is 0 Å². The van der Waals surface area contributed by atoms with Gasteiger partial charge in [-0.3, -0.25) is 9.48 Å². The minimum atomic E-state index is -6.55. The Balaban J connectivity index is 2.91. The van der Waals surface area contributed by atoms with Gasteiger partial charge in [-0.1, -0.05) is 0 Å². The van der Waals surface area contributed by atoms with Gasteiger partial charge in [-0.15, -0.1) is 0 Å². The minimum Gasteiger partial charge on any atom is -0.342 e. The Bertz CT molecular complexity index is 538. The summed E-state index contributed by atoms with van der Waals surface area (Å²) in [6, 6.07) is 0.0457. The molecule has 1 aromatic rings. The van der Waals surface area contributed by atoms with E-state index in [0.717, 1.165) is 6.92 Å². The first-order valence-electron chi connectivity index (χ1n) is 6.01. The SMILES string of the molecule is CCn1ccc(C(C)NC(=O)C(F)(F)C(F)(F)C(F)(F)F)n1. The number of aryl methyl sites for hydroxylation is 1. The van der Waals surface area contributed by atoms with E-state index in [2.05, 4.69) is 5.10 Å². The number of nitrogens with zero attached hydrogens (tertiary/aromatic N) is 2. The molecule has 126 valence electrons. The molecular weight excluding hydrogens is 323 g/mol. The smallest absolute Gasteiger partial charge is 0.342 e. The van der Waals surface area contributed by atoms with Gasteiger partial charge < -0.3 is 5.32 Å². The third-order valence-corrected chi connectivity index (χ3v) is 2.81. The van der Waals surface area contributed by atoms with Crippen LogP contribution in [-0.4, -0.2) is 33.7 Å². The highest BCUT2D eigenvalue weighted by atomic mass is 19.4. The fourth-order valence-electron chi connectivity index (χ4n) is 1.47. The largest absolute Gasteiger partial charge is 0.460 e. The topological polar surface area (TPSA) is 46.9 Å². The van der Waals surface area contributed by atoms with Crippen LogP contribution in [0.3, 0.4) is 0 Å².